The Labute approximate surface area is 122 Å². The first-order valence-electron chi connectivity index (χ1n) is 6.73. The van der Waals surface area contributed by atoms with Gasteiger partial charge >= 0.3 is 0 Å². The van der Waals surface area contributed by atoms with Crippen molar-refractivity contribution in [1.29, 1.82) is 0 Å². The molecule has 0 aliphatic rings. The molecule has 0 saturated heterocycles. The molecule has 6 heteroatoms. The molecule has 0 bridgehead atoms. The zero-order valence-electron chi connectivity index (χ0n) is 12.0. The molecular formula is C15H17N3O3. The summed E-state index contributed by atoms with van der Waals surface area (Å²) in [4.78, 5) is 23.6. The number of anilines is 1. The van der Waals surface area contributed by atoms with Gasteiger partial charge in [-0.15, -0.1) is 0 Å². The first-order chi connectivity index (χ1) is 10.1. The molecule has 0 unspecified atom stereocenters. The summed E-state index contributed by atoms with van der Waals surface area (Å²) >= 11 is 0. The molecule has 1 aromatic carbocycles. The lowest BCUT2D eigenvalue weighted by Crippen LogP contribution is -2.23. The van der Waals surface area contributed by atoms with E-state index in [2.05, 4.69) is 15.8 Å². The Balaban J connectivity index is 1.99. The summed E-state index contributed by atoms with van der Waals surface area (Å²) in [6, 6.07) is 8.21. The summed E-state index contributed by atoms with van der Waals surface area (Å²) in [5, 5.41) is 9.12. The average molecular weight is 287 g/mol. The second-order valence-electron chi connectivity index (χ2n) is 4.62. The number of carbonyl (C=O) groups excluding carboxylic acids is 2. The van der Waals surface area contributed by atoms with Gasteiger partial charge in [0.15, 0.2) is 0 Å². The third-order valence-corrected chi connectivity index (χ3v) is 2.79. The van der Waals surface area contributed by atoms with Gasteiger partial charge in [0.1, 0.15) is 0 Å². The Bertz CT molecular complexity index is 632. The zero-order chi connectivity index (χ0) is 15.2. The predicted octanol–water partition coefficient (Wildman–Crippen LogP) is 2.38. The van der Waals surface area contributed by atoms with Crippen LogP contribution in [0.4, 0.5) is 5.69 Å². The topological polar surface area (TPSA) is 84.2 Å². The lowest BCUT2D eigenvalue weighted by atomic mass is 10.2. The Kier molecular flexibility index (Phi) is 4.71. The van der Waals surface area contributed by atoms with E-state index in [1.807, 2.05) is 6.92 Å². The fourth-order valence-electron chi connectivity index (χ4n) is 1.71. The van der Waals surface area contributed by atoms with Crippen molar-refractivity contribution in [1.82, 2.24) is 10.5 Å². The fourth-order valence-corrected chi connectivity index (χ4v) is 1.71. The smallest absolute Gasteiger partial charge is 0.294 e. The highest BCUT2D eigenvalue weighted by Gasteiger charge is 2.12. The van der Waals surface area contributed by atoms with Crippen LogP contribution < -0.4 is 10.6 Å². The van der Waals surface area contributed by atoms with Gasteiger partial charge in [-0.1, -0.05) is 12.1 Å². The molecule has 1 aromatic heterocycles. The maximum Gasteiger partial charge on any atom is 0.294 e. The standard InChI is InChI=1S/C15H17N3O3/c1-3-8-16-14(19)11-4-6-12(7-5-11)17-15(20)13-9-10(2)18-21-13/h4-7,9H,3,8H2,1-2H3,(H,16,19)(H,17,20). The van der Waals surface area contributed by atoms with Gasteiger partial charge in [-0.2, -0.15) is 0 Å². The number of rotatable bonds is 5. The Morgan fingerprint density at radius 2 is 1.90 bits per heavy atom. The highest BCUT2D eigenvalue weighted by molar-refractivity contribution is 6.02. The van der Waals surface area contributed by atoms with Gasteiger partial charge < -0.3 is 15.2 Å². The summed E-state index contributed by atoms with van der Waals surface area (Å²) in [6.07, 6.45) is 0.885. The molecule has 0 fully saturated rings. The van der Waals surface area contributed by atoms with Crippen molar-refractivity contribution in [2.45, 2.75) is 20.3 Å². The van der Waals surface area contributed by atoms with E-state index in [4.69, 9.17) is 4.52 Å². The lowest BCUT2D eigenvalue weighted by molar-refractivity contribution is 0.0952. The molecule has 2 amide bonds. The van der Waals surface area contributed by atoms with E-state index in [-0.39, 0.29) is 17.6 Å². The van der Waals surface area contributed by atoms with Crippen molar-refractivity contribution in [2.24, 2.45) is 0 Å². The summed E-state index contributed by atoms with van der Waals surface area (Å²) in [5.41, 5.74) is 1.78. The zero-order valence-corrected chi connectivity index (χ0v) is 12.0. The monoisotopic (exact) mass is 287 g/mol. The number of nitrogens with one attached hydrogen (secondary N) is 2. The van der Waals surface area contributed by atoms with E-state index >= 15 is 0 Å². The summed E-state index contributed by atoms with van der Waals surface area (Å²) in [5.74, 6) is -0.350. The maximum atomic E-state index is 11.9. The van der Waals surface area contributed by atoms with Crippen LogP contribution in [0, 0.1) is 6.92 Å². The molecule has 0 saturated carbocycles. The van der Waals surface area contributed by atoms with Crippen molar-refractivity contribution in [3.8, 4) is 0 Å². The van der Waals surface area contributed by atoms with E-state index < -0.39 is 0 Å². The number of hydrogen-bond donors (Lipinski definition) is 2. The molecule has 0 spiro atoms. The van der Waals surface area contributed by atoms with Crippen LogP contribution >= 0.6 is 0 Å². The van der Waals surface area contributed by atoms with E-state index in [1.54, 1.807) is 37.3 Å². The lowest BCUT2D eigenvalue weighted by Gasteiger charge is -2.05. The fraction of sp³-hybridized carbons (Fsp3) is 0.267. The molecule has 21 heavy (non-hydrogen) atoms. The molecule has 0 atom stereocenters. The third-order valence-electron chi connectivity index (χ3n) is 2.79. The van der Waals surface area contributed by atoms with Gasteiger partial charge in [-0.25, -0.2) is 0 Å². The number of amides is 2. The number of nitrogens with zero attached hydrogens (tertiary/aromatic N) is 1. The Morgan fingerprint density at radius 3 is 2.48 bits per heavy atom. The molecule has 0 aliphatic carbocycles. The summed E-state index contributed by atoms with van der Waals surface area (Å²) < 4.78 is 4.88. The third kappa shape index (κ3) is 3.92. The molecule has 2 rings (SSSR count). The number of aromatic nitrogens is 1. The van der Waals surface area contributed by atoms with Crippen molar-refractivity contribution in [3.05, 3.63) is 47.3 Å². The van der Waals surface area contributed by atoms with E-state index in [0.717, 1.165) is 6.42 Å². The van der Waals surface area contributed by atoms with Crippen molar-refractivity contribution >= 4 is 17.5 Å². The normalized spacial score (nSPS) is 10.2. The molecule has 0 aliphatic heterocycles. The van der Waals surface area contributed by atoms with Gasteiger partial charge in [0.05, 0.1) is 5.69 Å². The van der Waals surface area contributed by atoms with E-state index in [0.29, 0.717) is 23.5 Å². The number of benzene rings is 1. The molecule has 0 radical (unpaired) electrons. The first kappa shape index (κ1) is 14.8. The van der Waals surface area contributed by atoms with Crippen LogP contribution in [-0.4, -0.2) is 23.5 Å². The predicted molar refractivity (Wildman–Crippen MR) is 78.3 cm³/mol. The minimum Gasteiger partial charge on any atom is -0.352 e. The summed E-state index contributed by atoms with van der Waals surface area (Å²) in [7, 11) is 0. The van der Waals surface area contributed by atoms with Crippen LogP contribution in [-0.2, 0) is 0 Å². The quantitative estimate of drug-likeness (QED) is 0.884. The van der Waals surface area contributed by atoms with Gasteiger partial charge in [0, 0.05) is 23.9 Å². The minimum atomic E-state index is -0.376. The van der Waals surface area contributed by atoms with Crippen molar-refractivity contribution in [3.63, 3.8) is 0 Å². The Hall–Kier alpha value is -2.63. The van der Waals surface area contributed by atoms with Crippen molar-refractivity contribution < 1.29 is 14.1 Å². The molecule has 1 heterocycles. The van der Waals surface area contributed by atoms with Crippen LogP contribution in [0.5, 0.6) is 0 Å². The number of carbonyl (C=O) groups is 2. The molecule has 2 aromatic rings. The second kappa shape index (κ2) is 6.69. The maximum absolute atomic E-state index is 11.9. The highest BCUT2D eigenvalue weighted by atomic mass is 16.5. The van der Waals surface area contributed by atoms with Crippen LogP contribution in [0.3, 0.4) is 0 Å². The molecule has 2 N–H and O–H groups in total. The van der Waals surface area contributed by atoms with Gasteiger partial charge in [-0.05, 0) is 37.6 Å². The van der Waals surface area contributed by atoms with Crippen LogP contribution in [0.2, 0.25) is 0 Å². The van der Waals surface area contributed by atoms with Crippen LogP contribution in [0.25, 0.3) is 0 Å². The molecular weight excluding hydrogens is 270 g/mol. The molecule has 6 nitrogen and oxygen atoms in total. The minimum absolute atomic E-state index is 0.124. The summed E-state index contributed by atoms with van der Waals surface area (Å²) in [6.45, 7) is 4.37. The number of aryl methyl sites for hydroxylation is 1. The van der Waals surface area contributed by atoms with E-state index in [9.17, 15) is 9.59 Å². The van der Waals surface area contributed by atoms with Gasteiger partial charge in [0.2, 0.25) is 5.76 Å². The SMILES string of the molecule is CCCNC(=O)c1ccc(NC(=O)c2cc(C)no2)cc1. The van der Waals surface area contributed by atoms with E-state index in [1.165, 1.54) is 0 Å². The van der Waals surface area contributed by atoms with Gasteiger partial charge in [-0.3, -0.25) is 9.59 Å². The second-order valence-corrected chi connectivity index (χ2v) is 4.62. The number of hydrogen-bond acceptors (Lipinski definition) is 4. The van der Waals surface area contributed by atoms with Crippen molar-refractivity contribution in [2.75, 3.05) is 11.9 Å². The first-order valence-corrected chi connectivity index (χ1v) is 6.73. The molecule has 110 valence electrons. The Morgan fingerprint density at radius 1 is 1.19 bits per heavy atom. The highest BCUT2D eigenvalue weighted by Crippen LogP contribution is 2.12. The average Bonchev–Trinajstić information content (AvgIpc) is 2.92. The van der Waals surface area contributed by atoms with Crippen LogP contribution in [0.1, 0.15) is 40.0 Å². The van der Waals surface area contributed by atoms with Gasteiger partial charge in [0.25, 0.3) is 11.8 Å². The largest absolute Gasteiger partial charge is 0.352 e. The van der Waals surface area contributed by atoms with Crippen LogP contribution in [0.15, 0.2) is 34.9 Å².